The van der Waals surface area contributed by atoms with Crippen LogP contribution < -0.4 is 5.30 Å². The van der Waals surface area contributed by atoms with Crippen LogP contribution in [0.3, 0.4) is 0 Å². The zero-order valence-corrected chi connectivity index (χ0v) is 10.9. The lowest BCUT2D eigenvalue weighted by Gasteiger charge is -2.07. The van der Waals surface area contributed by atoms with E-state index >= 15 is 0 Å². The fourth-order valence-corrected chi connectivity index (χ4v) is 2.94. The maximum atomic E-state index is 11.4. The number of rotatable bonds is 3. The highest BCUT2D eigenvalue weighted by Crippen LogP contribution is 2.29. The summed E-state index contributed by atoms with van der Waals surface area (Å²) in [6, 6.07) is 4.27. The van der Waals surface area contributed by atoms with Gasteiger partial charge < -0.3 is 0 Å². The summed E-state index contributed by atoms with van der Waals surface area (Å²) < 4.78 is 22.9. The molecule has 0 atom stereocenters. The van der Waals surface area contributed by atoms with Gasteiger partial charge in [0.1, 0.15) is 4.90 Å². The molecule has 0 aliphatic rings. The van der Waals surface area contributed by atoms with E-state index in [1.807, 2.05) is 13.3 Å². The van der Waals surface area contributed by atoms with Gasteiger partial charge in [0.05, 0.1) is 4.92 Å². The highest BCUT2D eigenvalue weighted by molar-refractivity contribution is 7.90. The van der Waals surface area contributed by atoms with E-state index in [-0.39, 0.29) is 10.6 Å². The Labute approximate surface area is 95.3 Å². The topological polar surface area (TPSA) is 77.3 Å². The van der Waals surface area contributed by atoms with Crippen molar-refractivity contribution >= 4 is 28.8 Å². The second kappa shape index (κ2) is 4.47. The van der Waals surface area contributed by atoms with Crippen LogP contribution in [-0.4, -0.2) is 32.9 Å². The third-order valence-corrected chi connectivity index (χ3v) is 4.49. The van der Waals surface area contributed by atoms with E-state index in [1.165, 1.54) is 12.1 Å². The van der Waals surface area contributed by atoms with Crippen molar-refractivity contribution in [1.29, 1.82) is 0 Å². The zero-order chi connectivity index (χ0) is 12.5. The third-order valence-electron chi connectivity index (χ3n) is 2.06. The van der Waals surface area contributed by atoms with E-state index in [2.05, 4.69) is 0 Å². The van der Waals surface area contributed by atoms with Gasteiger partial charge in [-0.25, -0.2) is 8.42 Å². The first-order chi connectivity index (χ1) is 7.23. The van der Waals surface area contributed by atoms with Crippen LogP contribution in [0.5, 0.6) is 0 Å². The molecule has 1 rings (SSSR count). The van der Waals surface area contributed by atoms with E-state index in [4.69, 9.17) is 0 Å². The highest BCUT2D eigenvalue weighted by Gasteiger charge is 2.22. The molecule has 1 aromatic carbocycles. The molecular weight excluding hydrogens is 249 g/mol. The van der Waals surface area contributed by atoms with Crippen LogP contribution in [0.4, 0.5) is 5.69 Å². The Balaban J connectivity index is 3.51. The number of nitrogens with zero attached hydrogens (tertiary/aromatic N) is 1. The predicted molar refractivity (Wildman–Crippen MR) is 64.6 cm³/mol. The molecule has 7 heteroatoms. The van der Waals surface area contributed by atoms with E-state index in [1.54, 1.807) is 6.07 Å². The van der Waals surface area contributed by atoms with Crippen molar-refractivity contribution in [1.82, 2.24) is 0 Å². The van der Waals surface area contributed by atoms with Gasteiger partial charge in [0.2, 0.25) is 0 Å². The standard InChI is InChI=1S/C9H12NO4PS/c1-15(2)7-4-5-8(10(11)12)9(6-7)16(3,13)14/h4-6H,1-3H3. The van der Waals surface area contributed by atoms with Crippen LogP contribution in [0.25, 0.3) is 0 Å². The zero-order valence-electron chi connectivity index (χ0n) is 9.17. The Bertz CT molecular complexity index is 524. The van der Waals surface area contributed by atoms with Crippen molar-refractivity contribution in [2.75, 3.05) is 19.6 Å². The van der Waals surface area contributed by atoms with Crippen LogP contribution in [-0.2, 0) is 9.84 Å². The van der Waals surface area contributed by atoms with Crippen LogP contribution >= 0.6 is 7.92 Å². The maximum absolute atomic E-state index is 11.4. The number of nitro groups is 1. The maximum Gasteiger partial charge on any atom is 0.288 e. The van der Waals surface area contributed by atoms with Crippen LogP contribution in [0, 0.1) is 10.1 Å². The fourth-order valence-electron chi connectivity index (χ4n) is 1.23. The molecule has 5 nitrogen and oxygen atoms in total. The van der Waals surface area contributed by atoms with Gasteiger partial charge >= 0.3 is 0 Å². The van der Waals surface area contributed by atoms with Crippen molar-refractivity contribution in [3.05, 3.63) is 28.3 Å². The molecule has 0 bridgehead atoms. The number of hydrogen-bond donors (Lipinski definition) is 0. The summed E-state index contributed by atoms with van der Waals surface area (Å²) in [4.78, 5) is 9.82. The van der Waals surface area contributed by atoms with Crippen LogP contribution in [0.2, 0.25) is 0 Å². The molecule has 16 heavy (non-hydrogen) atoms. The Morgan fingerprint density at radius 3 is 2.25 bits per heavy atom. The SMILES string of the molecule is CP(C)c1ccc([N+](=O)[O-])c(S(C)(=O)=O)c1. The van der Waals surface area contributed by atoms with Gasteiger partial charge in [-0.2, -0.15) is 0 Å². The fraction of sp³-hybridized carbons (Fsp3) is 0.333. The molecule has 0 radical (unpaired) electrons. The molecule has 0 aromatic heterocycles. The van der Waals surface area contributed by atoms with Crippen molar-refractivity contribution in [2.24, 2.45) is 0 Å². The minimum atomic E-state index is -3.57. The number of nitro benzene ring substituents is 1. The van der Waals surface area contributed by atoms with Gasteiger partial charge in [0.15, 0.2) is 9.84 Å². The summed E-state index contributed by atoms with van der Waals surface area (Å²) in [5, 5.41) is 11.5. The Kier molecular flexibility index (Phi) is 3.65. The van der Waals surface area contributed by atoms with Gasteiger partial charge in [-0.05, 0) is 30.8 Å². The summed E-state index contributed by atoms with van der Waals surface area (Å²) >= 11 is 0. The molecule has 0 unspecified atom stereocenters. The highest BCUT2D eigenvalue weighted by atomic mass is 32.2. The largest absolute Gasteiger partial charge is 0.288 e. The van der Waals surface area contributed by atoms with Crippen molar-refractivity contribution in [3.8, 4) is 0 Å². The average Bonchev–Trinajstić information content (AvgIpc) is 2.15. The molecule has 0 spiro atoms. The number of hydrogen-bond acceptors (Lipinski definition) is 4. The lowest BCUT2D eigenvalue weighted by molar-refractivity contribution is -0.387. The molecule has 0 aliphatic heterocycles. The quantitative estimate of drug-likeness (QED) is 0.467. The van der Waals surface area contributed by atoms with Gasteiger partial charge in [-0.15, -0.1) is 0 Å². The second-order valence-electron chi connectivity index (χ2n) is 3.58. The summed E-state index contributed by atoms with van der Waals surface area (Å²) in [5.74, 6) is 0. The molecule has 0 N–H and O–H groups in total. The van der Waals surface area contributed by atoms with Gasteiger partial charge in [0, 0.05) is 12.3 Å². The van der Waals surface area contributed by atoms with Crippen LogP contribution in [0.1, 0.15) is 0 Å². The van der Waals surface area contributed by atoms with E-state index in [9.17, 15) is 18.5 Å². The molecule has 0 fully saturated rings. The minimum absolute atomic E-state index is 0.203. The first kappa shape index (κ1) is 13.1. The van der Waals surface area contributed by atoms with Crippen molar-refractivity contribution in [3.63, 3.8) is 0 Å². The van der Waals surface area contributed by atoms with Crippen molar-refractivity contribution < 1.29 is 13.3 Å². The number of sulfone groups is 1. The third kappa shape index (κ3) is 2.77. The molecule has 88 valence electrons. The number of benzene rings is 1. The molecule has 0 amide bonds. The first-order valence-electron chi connectivity index (χ1n) is 4.39. The summed E-state index contributed by atoms with van der Waals surface area (Å²) in [6.07, 6.45) is 0.979. The lowest BCUT2D eigenvalue weighted by Crippen LogP contribution is -2.08. The van der Waals surface area contributed by atoms with Gasteiger partial charge in [-0.3, -0.25) is 10.1 Å². The summed E-state index contributed by atoms with van der Waals surface area (Å²) in [5.41, 5.74) is -0.358. The second-order valence-corrected chi connectivity index (χ2v) is 7.87. The molecule has 0 saturated carbocycles. The summed E-state index contributed by atoms with van der Waals surface area (Å²) in [6.45, 7) is 3.92. The predicted octanol–water partition coefficient (Wildman–Crippen LogP) is 1.37. The van der Waals surface area contributed by atoms with Gasteiger partial charge in [-0.1, -0.05) is 7.92 Å². The summed E-state index contributed by atoms with van der Waals surface area (Å²) in [7, 11) is -4.04. The Morgan fingerprint density at radius 1 is 1.31 bits per heavy atom. The van der Waals surface area contributed by atoms with Crippen LogP contribution in [0.15, 0.2) is 23.1 Å². The molecule has 0 saturated heterocycles. The molecule has 0 aliphatic carbocycles. The van der Waals surface area contributed by atoms with Gasteiger partial charge in [0.25, 0.3) is 5.69 Å². The van der Waals surface area contributed by atoms with E-state index in [0.717, 1.165) is 11.6 Å². The van der Waals surface area contributed by atoms with Crippen molar-refractivity contribution in [2.45, 2.75) is 4.90 Å². The Morgan fingerprint density at radius 2 is 1.88 bits per heavy atom. The normalized spacial score (nSPS) is 11.8. The molecule has 0 heterocycles. The van der Waals surface area contributed by atoms with E-state index in [0.29, 0.717) is 0 Å². The smallest absolute Gasteiger partial charge is 0.258 e. The first-order valence-corrected chi connectivity index (χ1v) is 8.52. The lowest BCUT2D eigenvalue weighted by atomic mass is 10.3. The average molecular weight is 261 g/mol. The monoisotopic (exact) mass is 261 g/mol. The Hall–Kier alpha value is -1.00. The molecule has 1 aromatic rings. The van der Waals surface area contributed by atoms with E-state index < -0.39 is 22.7 Å². The molecular formula is C9H12NO4PS. The minimum Gasteiger partial charge on any atom is -0.258 e.